The minimum Gasteiger partial charge on any atom is -0.497 e. The number of rotatable bonds is 9. The molecule has 0 fully saturated rings. The molecule has 0 spiro atoms. The van der Waals surface area contributed by atoms with E-state index < -0.39 is 15.9 Å². The molecule has 9 heteroatoms. The summed E-state index contributed by atoms with van der Waals surface area (Å²) in [5, 5.41) is 2.59. The highest BCUT2D eigenvalue weighted by Gasteiger charge is 2.26. The van der Waals surface area contributed by atoms with Crippen LogP contribution in [0.15, 0.2) is 42.5 Å². The standard InChI is InChI=1S/C21H26N2O6S/c1-27-18-8-7-17-14-23(11-9-16(17)13-18)30(25,26)12-10-22-21(24)15-29-20-6-4-3-5-19(20)28-2/h3-8,13H,9-12,14-15H2,1-2H3,(H,22,24). The fraction of sp³-hybridized carbons (Fsp3) is 0.381. The van der Waals surface area contributed by atoms with Crippen LogP contribution in [-0.2, 0) is 27.8 Å². The Hall–Kier alpha value is -2.78. The Kier molecular flexibility index (Phi) is 7.17. The van der Waals surface area contributed by atoms with Crippen LogP contribution in [0.1, 0.15) is 11.1 Å². The van der Waals surface area contributed by atoms with Crippen molar-refractivity contribution >= 4 is 15.9 Å². The van der Waals surface area contributed by atoms with Gasteiger partial charge in [0.1, 0.15) is 5.75 Å². The molecule has 1 N–H and O–H groups in total. The molecular formula is C21H26N2O6S. The van der Waals surface area contributed by atoms with Crippen LogP contribution in [-0.4, -0.2) is 58.3 Å². The van der Waals surface area contributed by atoms with Gasteiger partial charge in [-0.1, -0.05) is 18.2 Å². The summed E-state index contributed by atoms with van der Waals surface area (Å²) in [6, 6.07) is 12.7. The van der Waals surface area contributed by atoms with Crippen LogP contribution in [0.4, 0.5) is 0 Å². The molecule has 0 atom stereocenters. The molecule has 2 aromatic rings. The van der Waals surface area contributed by atoms with Crippen molar-refractivity contribution in [1.29, 1.82) is 0 Å². The number of methoxy groups -OCH3 is 2. The van der Waals surface area contributed by atoms with E-state index in [0.29, 0.717) is 31.0 Å². The van der Waals surface area contributed by atoms with Crippen molar-refractivity contribution in [1.82, 2.24) is 9.62 Å². The van der Waals surface area contributed by atoms with Crippen LogP contribution in [0.25, 0.3) is 0 Å². The minimum atomic E-state index is -3.49. The van der Waals surface area contributed by atoms with E-state index in [1.807, 2.05) is 18.2 Å². The second-order valence-electron chi connectivity index (χ2n) is 6.82. The summed E-state index contributed by atoms with van der Waals surface area (Å²) in [6.07, 6.45) is 0.630. The van der Waals surface area contributed by atoms with E-state index in [-0.39, 0.29) is 18.9 Å². The van der Waals surface area contributed by atoms with Gasteiger partial charge in [-0.15, -0.1) is 0 Å². The molecule has 0 saturated heterocycles. The van der Waals surface area contributed by atoms with Crippen molar-refractivity contribution in [3.63, 3.8) is 0 Å². The molecule has 3 rings (SSSR count). The van der Waals surface area contributed by atoms with Crippen LogP contribution in [0, 0.1) is 0 Å². The summed E-state index contributed by atoms with van der Waals surface area (Å²) in [7, 11) is -0.364. The Morgan fingerprint density at radius 2 is 1.83 bits per heavy atom. The third-order valence-electron chi connectivity index (χ3n) is 4.89. The molecular weight excluding hydrogens is 408 g/mol. The first kappa shape index (κ1) is 21.9. The zero-order chi connectivity index (χ0) is 21.6. The molecule has 0 radical (unpaired) electrons. The molecule has 0 aliphatic carbocycles. The van der Waals surface area contributed by atoms with Crippen molar-refractivity contribution in [2.75, 3.05) is 39.7 Å². The van der Waals surface area contributed by atoms with Crippen LogP contribution in [0.5, 0.6) is 17.2 Å². The number of hydrogen-bond donors (Lipinski definition) is 1. The summed E-state index contributed by atoms with van der Waals surface area (Å²) in [5.74, 6) is 1.18. The van der Waals surface area contributed by atoms with E-state index in [9.17, 15) is 13.2 Å². The maximum atomic E-state index is 12.7. The fourth-order valence-electron chi connectivity index (χ4n) is 3.25. The highest BCUT2D eigenvalue weighted by atomic mass is 32.2. The smallest absolute Gasteiger partial charge is 0.257 e. The van der Waals surface area contributed by atoms with Crippen LogP contribution >= 0.6 is 0 Å². The van der Waals surface area contributed by atoms with Gasteiger partial charge in [0, 0.05) is 19.6 Å². The molecule has 2 aromatic carbocycles. The van der Waals surface area contributed by atoms with Crippen molar-refractivity contribution in [3.05, 3.63) is 53.6 Å². The van der Waals surface area contributed by atoms with Gasteiger partial charge in [0.15, 0.2) is 18.1 Å². The predicted octanol–water partition coefficient (Wildman–Crippen LogP) is 1.59. The average Bonchev–Trinajstić information content (AvgIpc) is 2.76. The van der Waals surface area contributed by atoms with Gasteiger partial charge in [-0.3, -0.25) is 4.79 Å². The molecule has 0 unspecified atom stereocenters. The maximum Gasteiger partial charge on any atom is 0.257 e. The number of ether oxygens (including phenoxy) is 3. The molecule has 0 aromatic heterocycles. The number of carbonyl (C=O) groups is 1. The van der Waals surface area contributed by atoms with Gasteiger partial charge in [-0.2, -0.15) is 4.31 Å². The lowest BCUT2D eigenvalue weighted by Crippen LogP contribution is -2.41. The number of fused-ring (bicyclic) bond motifs is 1. The van der Waals surface area contributed by atoms with Gasteiger partial charge in [-0.05, 0) is 41.8 Å². The maximum absolute atomic E-state index is 12.7. The Balaban J connectivity index is 1.47. The third-order valence-corrected chi connectivity index (χ3v) is 6.71. The van der Waals surface area contributed by atoms with Crippen LogP contribution < -0.4 is 19.5 Å². The normalized spacial score (nSPS) is 13.9. The largest absolute Gasteiger partial charge is 0.497 e. The van der Waals surface area contributed by atoms with E-state index in [2.05, 4.69) is 5.32 Å². The molecule has 1 aliphatic heterocycles. The molecule has 1 aliphatic rings. The van der Waals surface area contributed by atoms with Crippen LogP contribution in [0.3, 0.4) is 0 Å². The molecule has 0 saturated carbocycles. The van der Waals surface area contributed by atoms with Crippen molar-refractivity contribution in [3.8, 4) is 17.2 Å². The van der Waals surface area contributed by atoms with Gasteiger partial charge in [0.25, 0.3) is 5.91 Å². The zero-order valence-corrected chi connectivity index (χ0v) is 17.9. The first-order chi connectivity index (χ1) is 14.4. The summed E-state index contributed by atoms with van der Waals surface area (Å²) in [5.41, 5.74) is 2.07. The number of sulfonamides is 1. The quantitative estimate of drug-likeness (QED) is 0.644. The zero-order valence-electron chi connectivity index (χ0n) is 17.1. The number of para-hydroxylation sites is 2. The van der Waals surface area contributed by atoms with E-state index in [4.69, 9.17) is 14.2 Å². The average molecular weight is 435 g/mol. The van der Waals surface area contributed by atoms with Gasteiger partial charge in [0.2, 0.25) is 10.0 Å². The Morgan fingerprint density at radius 3 is 2.57 bits per heavy atom. The number of carbonyl (C=O) groups excluding carboxylic acids is 1. The van der Waals surface area contributed by atoms with E-state index in [1.54, 1.807) is 31.4 Å². The molecule has 30 heavy (non-hydrogen) atoms. The molecule has 162 valence electrons. The summed E-state index contributed by atoms with van der Waals surface area (Å²) < 4.78 is 42.6. The summed E-state index contributed by atoms with van der Waals surface area (Å²) in [6.45, 7) is 0.529. The summed E-state index contributed by atoms with van der Waals surface area (Å²) in [4.78, 5) is 12.0. The predicted molar refractivity (Wildman–Crippen MR) is 112 cm³/mol. The van der Waals surface area contributed by atoms with Crippen molar-refractivity contribution in [2.24, 2.45) is 0 Å². The monoisotopic (exact) mass is 434 g/mol. The topological polar surface area (TPSA) is 94.2 Å². The van der Waals surface area contributed by atoms with Crippen molar-refractivity contribution < 1.29 is 27.4 Å². The van der Waals surface area contributed by atoms with Gasteiger partial charge in [0.05, 0.1) is 20.0 Å². The lowest BCUT2D eigenvalue weighted by Gasteiger charge is -2.28. The Morgan fingerprint density at radius 1 is 1.07 bits per heavy atom. The second kappa shape index (κ2) is 9.82. The van der Waals surface area contributed by atoms with E-state index >= 15 is 0 Å². The Labute approximate surface area is 176 Å². The number of benzene rings is 2. The molecule has 1 heterocycles. The first-order valence-corrected chi connectivity index (χ1v) is 11.2. The third kappa shape index (κ3) is 5.43. The molecule has 8 nitrogen and oxygen atoms in total. The van der Waals surface area contributed by atoms with Crippen LogP contribution in [0.2, 0.25) is 0 Å². The lowest BCUT2D eigenvalue weighted by atomic mass is 10.0. The van der Waals surface area contributed by atoms with Gasteiger partial charge >= 0.3 is 0 Å². The highest BCUT2D eigenvalue weighted by molar-refractivity contribution is 7.89. The number of hydrogen-bond acceptors (Lipinski definition) is 6. The van der Waals surface area contributed by atoms with Gasteiger partial charge in [-0.25, -0.2) is 8.42 Å². The second-order valence-corrected chi connectivity index (χ2v) is 8.91. The molecule has 1 amide bonds. The number of nitrogens with one attached hydrogen (secondary N) is 1. The fourth-order valence-corrected chi connectivity index (χ4v) is 4.57. The summed E-state index contributed by atoms with van der Waals surface area (Å²) >= 11 is 0. The number of amides is 1. The van der Waals surface area contributed by atoms with E-state index in [0.717, 1.165) is 16.9 Å². The SMILES string of the molecule is COc1ccc2c(c1)CCN(S(=O)(=O)CCNC(=O)COc1ccccc1OC)C2. The minimum absolute atomic E-state index is 0.0163. The van der Waals surface area contributed by atoms with E-state index in [1.165, 1.54) is 11.4 Å². The lowest BCUT2D eigenvalue weighted by molar-refractivity contribution is -0.122. The van der Waals surface area contributed by atoms with Crippen molar-refractivity contribution in [2.45, 2.75) is 13.0 Å². The highest BCUT2D eigenvalue weighted by Crippen LogP contribution is 2.26. The molecule has 0 bridgehead atoms. The Bertz CT molecular complexity index is 993. The number of nitrogens with zero attached hydrogens (tertiary/aromatic N) is 1. The first-order valence-electron chi connectivity index (χ1n) is 9.59. The van der Waals surface area contributed by atoms with Gasteiger partial charge < -0.3 is 19.5 Å².